The average Bonchev–Trinajstić information content (AvgIpc) is 2.28. The van der Waals surface area contributed by atoms with Crippen molar-refractivity contribution in [1.82, 2.24) is 0 Å². The van der Waals surface area contributed by atoms with E-state index in [1.54, 1.807) is 6.07 Å². The van der Waals surface area contributed by atoms with Crippen LogP contribution < -0.4 is 15.5 Å². The lowest BCUT2D eigenvalue weighted by atomic mass is 10.1. The number of benzene rings is 1. The minimum atomic E-state index is -1.42. The van der Waals surface area contributed by atoms with Crippen LogP contribution in [0, 0.1) is 5.92 Å². The van der Waals surface area contributed by atoms with Crippen molar-refractivity contribution >= 4 is 23.5 Å². The van der Waals surface area contributed by atoms with Crippen molar-refractivity contribution < 1.29 is 24.6 Å². The van der Waals surface area contributed by atoms with E-state index in [-0.39, 0.29) is 11.3 Å². The lowest BCUT2D eigenvalue weighted by Gasteiger charge is -2.15. The third-order valence-corrected chi connectivity index (χ3v) is 2.33. The van der Waals surface area contributed by atoms with Crippen LogP contribution in [-0.2, 0) is 9.59 Å². The molecule has 6 nitrogen and oxygen atoms in total. The van der Waals surface area contributed by atoms with Gasteiger partial charge in [0.1, 0.15) is 0 Å². The topological polar surface area (TPSA) is 109 Å². The van der Waals surface area contributed by atoms with Gasteiger partial charge < -0.3 is 25.1 Å². The SMILES string of the molecule is C[C@H](CC(=O)[O-])C(=O)Nc1ccccc1C(=O)[O-]. The summed E-state index contributed by atoms with van der Waals surface area (Å²) in [6.07, 6.45) is -0.431. The smallest absolute Gasteiger partial charge is 0.227 e. The van der Waals surface area contributed by atoms with Gasteiger partial charge in [-0.05, 0) is 12.5 Å². The largest absolute Gasteiger partial charge is 0.550 e. The number of nitrogens with one attached hydrogen (secondary N) is 1. The molecule has 0 bridgehead atoms. The Bertz CT molecular complexity index is 483. The molecule has 6 heteroatoms. The number of aliphatic carboxylic acids is 1. The number of anilines is 1. The van der Waals surface area contributed by atoms with Crippen molar-refractivity contribution in [1.29, 1.82) is 0 Å². The van der Waals surface area contributed by atoms with E-state index in [0.29, 0.717) is 0 Å². The molecule has 1 atom stereocenters. The normalized spacial score (nSPS) is 11.6. The predicted octanol–water partition coefficient (Wildman–Crippen LogP) is -1.24. The monoisotopic (exact) mass is 249 g/mol. The van der Waals surface area contributed by atoms with Crippen LogP contribution in [0.2, 0.25) is 0 Å². The fourth-order valence-electron chi connectivity index (χ4n) is 1.37. The standard InChI is InChI=1S/C12H13NO5/c1-7(6-10(14)15)11(16)13-9-5-3-2-4-8(9)12(17)18/h2-5,7H,6H2,1H3,(H,13,16)(H,14,15)(H,17,18)/p-2/t7-/m1/s1. The van der Waals surface area contributed by atoms with Crippen LogP contribution in [0.25, 0.3) is 0 Å². The van der Waals surface area contributed by atoms with Crippen LogP contribution in [0.15, 0.2) is 24.3 Å². The first kappa shape index (κ1) is 13.7. The average molecular weight is 249 g/mol. The highest BCUT2D eigenvalue weighted by atomic mass is 16.4. The first-order chi connectivity index (χ1) is 8.41. The van der Waals surface area contributed by atoms with Gasteiger partial charge in [0.25, 0.3) is 0 Å². The van der Waals surface area contributed by atoms with Gasteiger partial charge in [-0.2, -0.15) is 0 Å². The maximum atomic E-state index is 11.6. The summed E-state index contributed by atoms with van der Waals surface area (Å²) in [6.45, 7) is 1.41. The number of para-hydroxylation sites is 1. The maximum Gasteiger partial charge on any atom is 0.227 e. The first-order valence-electron chi connectivity index (χ1n) is 5.23. The molecule has 0 fully saturated rings. The first-order valence-corrected chi connectivity index (χ1v) is 5.23. The molecular formula is C12H11NO5-2. The lowest BCUT2D eigenvalue weighted by molar-refractivity contribution is -0.306. The molecule has 1 amide bonds. The fourth-order valence-corrected chi connectivity index (χ4v) is 1.37. The molecule has 0 radical (unpaired) electrons. The van der Waals surface area contributed by atoms with Crippen LogP contribution in [-0.4, -0.2) is 17.8 Å². The van der Waals surface area contributed by atoms with E-state index < -0.39 is 30.2 Å². The number of carbonyl (C=O) groups is 3. The Kier molecular flexibility index (Phi) is 4.42. The zero-order valence-electron chi connectivity index (χ0n) is 9.64. The number of amides is 1. The second-order valence-electron chi connectivity index (χ2n) is 3.80. The summed E-state index contributed by atoms with van der Waals surface area (Å²) in [5, 5.41) is 23.5. The summed E-state index contributed by atoms with van der Waals surface area (Å²) < 4.78 is 0. The molecule has 0 spiro atoms. The molecule has 0 aliphatic rings. The van der Waals surface area contributed by atoms with Gasteiger partial charge in [-0.15, -0.1) is 0 Å². The number of aromatic carboxylic acids is 1. The van der Waals surface area contributed by atoms with E-state index in [1.807, 2.05) is 0 Å². The van der Waals surface area contributed by atoms with Crippen LogP contribution in [0.1, 0.15) is 23.7 Å². The number of carboxylic acid groups (broad SMARTS) is 2. The third-order valence-electron chi connectivity index (χ3n) is 2.33. The van der Waals surface area contributed by atoms with Crippen molar-refractivity contribution in [2.24, 2.45) is 5.92 Å². The highest BCUT2D eigenvalue weighted by Crippen LogP contribution is 2.15. The Hall–Kier alpha value is -2.37. The van der Waals surface area contributed by atoms with E-state index in [2.05, 4.69) is 5.32 Å². The molecule has 0 saturated carbocycles. The lowest BCUT2D eigenvalue weighted by Crippen LogP contribution is -2.31. The molecule has 0 aliphatic heterocycles. The summed E-state index contributed by atoms with van der Waals surface area (Å²) in [4.78, 5) is 32.7. The van der Waals surface area contributed by atoms with E-state index in [4.69, 9.17) is 0 Å². The third kappa shape index (κ3) is 3.58. The van der Waals surface area contributed by atoms with Gasteiger partial charge in [0, 0.05) is 23.1 Å². The van der Waals surface area contributed by atoms with Crippen LogP contribution in [0.3, 0.4) is 0 Å². The van der Waals surface area contributed by atoms with E-state index >= 15 is 0 Å². The van der Waals surface area contributed by atoms with Crippen molar-refractivity contribution in [2.45, 2.75) is 13.3 Å². The Morgan fingerprint density at radius 2 is 1.83 bits per heavy atom. The zero-order valence-corrected chi connectivity index (χ0v) is 9.64. The van der Waals surface area contributed by atoms with Gasteiger partial charge in [0.15, 0.2) is 0 Å². The second-order valence-corrected chi connectivity index (χ2v) is 3.80. The molecule has 1 N–H and O–H groups in total. The van der Waals surface area contributed by atoms with Gasteiger partial charge in [0.05, 0.1) is 5.97 Å². The molecule has 0 unspecified atom stereocenters. The zero-order chi connectivity index (χ0) is 13.7. The summed E-state index contributed by atoms with van der Waals surface area (Å²) >= 11 is 0. The van der Waals surface area contributed by atoms with Crippen LogP contribution in [0.4, 0.5) is 5.69 Å². The van der Waals surface area contributed by atoms with Gasteiger partial charge in [-0.1, -0.05) is 25.1 Å². The molecule has 1 rings (SSSR count). The summed E-state index contributed by atoms with van der Waals surface area (Å²) in [7, 11) is 0. The van der Waals surface area contributed by atoms with Crippen molar-refractivity contribution in [3.8, 4) is 0 Å². The van der Waals surface area contributed by atoms with Crippen LogP contribution in [0.5, 0.6) is 0 Å². The molecule has 96 valence electrons. The molecule has 0 aliphatic carbocycles. The number of hydrogen-bond donors (Lipinski definition) is 1. The highest BCUT2D eigenvalue weighted by molar-refractivity contribution is 6.00. The molecule has 18 heavy (non-hydrogen) atoms. The van der Waals surface area contributed by atoms with Gasteiger partial charge >= 0.3 is 0 Å². The van der Waals surface area contributed by atoms with Gasteiger partial charge in [0.2, 0.25) is 5.91 Å². The number of rotatable bonds is 5. The van der Waals surface area contributed by atoms with Crippen LogP contribution >= 0.6 is 0 Å². The van der Waals surface area contributed by atoms with Gasteiger partial charge in [-0.25, -0.2) is 0 Å². The second kappa shape index (κ2) is 5.81. The minimum Gasteiger partial charge on any atom is -0.550 e. The maximum absolute atomic E-state index is 11.6. The molecular weight excluding hydrogens is 238 g/mol. The summed E-state index contributed by atoms with van der Waals surface area (Å²) in [5.41, 5.74) is -0.0841. The molecule has 1 aromatic carbocycles. The summed E-state index contributed by atoms with van der Waals surface area (Å²) in [6, 6.07) is 5.72. The van der Waals surface area contributed by atoms with E-state index in [9.17, 15) is 24.6 Å². The molecule has 0 aromatic heterocycles. The van der Waals surface area contributed by atoms with Crippen molar-refractivity contribution in [2.75, 3.05) is 5.32 Å². The molecule has 1 aromatic rings. The van der Waals surface area contributed by atoms with Crippen molar-refractivity contribution in [3.05, 3.63) is 29.8 Å². The minimum absolute atomic E-state index is 0.0766. The Morgan fingerprint density at radius 1 is 1.22 bits per heavy atom. The fraction of sp³-hybridized carbons (Fsp3) is 0.250. The Morgan fingerprint density at radius 3 is 2.39 bits per heavy atom. The highest BCUT2D eigenvalue weighted by Gasteiger charge is 2.14. The number of hydrogen-bond acceptors (Lipinski definition) is 5. The predicted molar refractivity (Wildman–Crippen MR) is 58.2 cm³/mol. The Labute approximate surface area is 103 Å². The Balaban J connectivity index is 2.82. The summed E-state index contributed by atoms with van der Waals surface area (Å²) in [5.74, 6) is -4.16. The van der Waals surface area contributed by atoms with E-state index in [0.717, 1.165) is 0 Å². The molecule has 0 saturated heterocycles. The number of carboxylic acids is 2. The van der Waals surface area contributed by atoms with E-state index in [1.165, 1.54) is 25.1 Å². The number of carbonyl (C=O) groups excluding carboxylic acids is 3. The molecule has 0 heterocycles. The quantitative estimate of drug-likeness (QED) is 0.702. The van der Waals surface area contributed by atoms with Gasteiger partial charge in [-0.3, -0.25) is 4.79 Å². The van der Waals surface area contributed by atoms with Crippen molar-refractivity contribution in [3.63, 3.8) is 0 Å².